The van der Waals surface area contributed by atoms with E-state index >= 15 is 0 Å². The number of aromatic amines is 2. The van der Waals surface area contributed by atoms with Gasteiger partial charge < -0.3 is 36.8 Å². The summed E-state index contributed by atoms with van der Waals surface area (Å²) in [6.07, 6.45) is 6.02. The Morgan fingerprint density at radius 3 is 1.79 bits per heavy atom. The molecule has 25 nitrogen and oxygen atoms in total. The number of hydrogen-bond acceptors (Lipinski definition) is 15. The highest BCUT2D eigenvalue weighted by Gasteiger charge is 2.37. The summed E-state index contributed by atoms with van der Waals surface area (Å²) in [6.45, 7) is 6.31. The van der Waals surface area contributed by atoms with E-state index in [1.165, 1.54) is 0 Å². The molecular weight excluding hydrogens is 1240 g/mol. The van der Waals surface area contributed by atoms with Crippen molar-refractivity contribution in [3.05, 3.63) is 137 Å². The number of alkyl carbamates (subject to hydrolysis) is 1. The van der Waals surface area contributed by atoms with Gasteiger partial charge in [0.1, 0.15) is 17.7 Å². The highest BCUT2D eigenvalue weighted by atomic mass is 79.9. The van der Waals surface area contributed by atoms with E-state index in [-0.39, 0.29) is 59.3 Å². The number of nitrogens with one attached hydrogen (secondary N) is 7. The summed E-state index contributed by atoms with van der Waals surface area (Å²) in [5, 5.41) is 48.0. The predicted molar refractivity (Wildman–Crippen MR) is 338 cm³/mol. The van der Waals surface area contributed by atoms with Crippen LogP contribution < -0.4 is 36.6 Å². The molecule has 2 aromatic heterocycles. The van der Waals surface area contributed by atoms with Crippen LogP contribution in [0, 0.1) is 23.7 Å². The Labute approximate surface area is 529 Å². The van der Waals surface area contributed by atoms with Crippen LogP contribution in [0.25, 0.3) is 33.9 Å². The van der Waals surface area contributed by atoms with Crippen molar-refractivity contribution in [2.24, 2.45) is 29.4 Å². The predicted octanol–water partition coefficient (Wildman–Crippen LogP) is 8.10. The Bertz CT molecular complexity index is 3700. The Morgan fingerprint density at radius 2 is 1.23 bits per heavy atom. The number of primary amides is 1. The van der Waals surface area contributed by atoms with E-state index in [1.54, 1.807) is 71.6 Å². The number of amides is 6. The molecule has 10 rings (SSSR count). The first-order valence-electron chi connectivity index (χ1n) is 29.9. The molecule has 0 unspecified atom stereocenters. The summed E-state index contributed by atoms with van der Waals surface area (Å²) >= 11 is 3.48. The number of halogens is 1. The topological polar surface area (TPSA) is 364 Å². The van der Waals surface area contributed by atoms with Crippen molar-refractivity contribution in [1.29, 1.82) is 0 Å². The zero-order valence-electron chi connectivity index (χ0n) is 50.1. The minimum atomic E-state index is -3.64. The first kappa shape index (κ1) is 65.5. The fourth-order valence-corrected chi connectivity index (χ4v) is 12.9. The molecule has 90 heavy (non-hydrogen) atoms. The molecule has 3 fully saturated rings. The second-order valence-electron chi connectivity index (χ2n) is 23.9. The van der Waals surface area contributed by atoms with Gasteiger partial charge >= 0.3 is 12.2 Å². The van der Waals surface area contributed by atoms with Crippen molar-refractivity contribution in [3.63, 3.8) is 0 Å². The zero-order chi connectivity index (χ0) is 64.0. The van der Waals surface area contributed by atoms with Crippen LogP contribution in [0.2, 0.25) is 0 Å². The summed E-state index contributed by atoms with van der Waals surface area (Å²) < 4.78 is 34.6. The minimum Gasteiger partial charge on any atom is -0.465 e. The number of hydrogen-bond donors (Lipinski definition) is 9. The number of carboxylic acid groups (broad SMARTS) is 1. The molecule has 2 heterocycles. The fraction of sp³-hybridized carbons (Fsp3) is 0.397. The minimum absolute atomic E-state index is 0.0114. The first-order valence-corrected chi connectivity index (χ1v) is 32.2. The largest absolute Gasteiger partial charge is 0.465 e. The molecule has 5 aromatic carbocycles. The smallest absolute Gasteiger partial charge is 0.407 e. The Balaban J connectivity index is 0.000000217. The molecule has 0 aliphatic heterocycles. The van der Waals surface area contributed by atoms with Crippen LogP contribution in [0.5, 0.6) is 0 Å². The maximum absolute atomic E-state index is 14.1. The van der Waals surface area contributed by atoms with Crippen molar-refractivity contribution in [1.82, 2.24) is 61.9 Å². The van der Waals surface area contributed by atoms with Crippen LogP contribution in [-0.2, 0) is 46.8 Å². The van der Waals surface area contributed by atoms with E-state index in [1.807, 2.05) is 75.4 Å². The van der Waals surface area contributed by atoms with Crippen LogP contribution >= 0.6 is 15.9 Å². The summed E-state index contributed by atoms with van der Waals surface area (Å²) in [7, 11) is -3.64. The number of tetrazole rings is 2. The number of H-pyrrole nitrogens is 2. The summed E-state index contributed by atoms with van der Waals surface area (Å²) in [6, 6.07) is 34.1. The lowest BCUT2D eigenvalue weighted by Gasteiger charge is -2.36. The SMILES string of the molecule is CC(C)(C)OC(=O)NCC1CCC(C(=O)N(c2ccc(-c3nn[nH]n3)cc2)[C@@H](Cc2cccc(Br)c2)C(N)=O)CC1.O=C(O)NCC1CCC(C(=O)N[C@@H](Cc2cccc(-c3cccc(S(=O)(=O)NC4CC4)c3)c2)C(=O)Nc2ccc(-c3nn[nH]n3)cc2)CC1. The summed E-state index contributed by atoms with van der Waals surface area (Å²) in [4.78, 5) is 79.0. The molecular formula is C63H74BrN15O10S. The van der Waals surface area contributed by atoms with Gasteiger partial charge in [0.05, 0.1) is 4.90 Å². The van der Waals surface area contributed by atoms with Crippen LogP contribution in [0.15, 0.2) is 131 Å². The van der Waals surface area contributed by atoms with Crippen molar-refractivity contribution >= 4 is 73.1 Å². The maximum atomic E-state index is 14.1. The maximum Gasteiger partial charge on any atom is 0.407 e. The number of benzene rings is 5. The van der Waals surface area contributed by atoms with Gasteiger partial charge in [-0.05, 0) is 202 Å². The third-order valence-electron chi connectivity index (χ3n) is 16.0. The van der Waals surface area contributed by atoms with Gasteiger partial charge in [-0.1, -0.05) is 64.5 Å². The molecule has 3 aliphatic carbocycles. The summed E-state index contributed by atoms with van der Waals surface area (Å²) in [5.74, 6) is -0.699. The van der Waals surface area contributed by atoms with E-state index in [2.05, 4.69) is 83.2 Å². The summed E-state index contributed by atoms with van der Waals surface area (Å²) in [5.41, 5.74) is 11.0. The average Bonchev–Trinajstić information content (AvgIpc) is 1.11. The van der Waals surface area contributed by atoms with Gasteiger partial charge in [-0.15, -0.1) is 20.4 Å². The highest BCUT2D eigenvalue weighted by Crippen LogP contribution is 2.35. The van der Waals surface area contributed by atoms with E-state index in [9.17, 15) is 37.2 Å². The molecule has 7 aromatic rings. The Morgan fingerprint density at radius 1 is 0.678 bits per heavy atom. The van der Waals surface area contributed by atoms with Crippen LogP contribution in [-0.4, -0.2) is 127 Å². The standard InChI is InChI=1S/C34H38N8O6S.C29H36BrN7O4/c43-32(24-9-7-21(8-10-24)20-35-34(45)46)37-30(33(44)36-27-13-11-23(12-14-27)31-38-41-42-39-31)18-22-3-1-4-25(17-22)26-5-2-6-29(19-26)49(47,48)40-28-15-16-28;1-29(2,3)41-28(40)32-17-18-7-9-21(10-8-18)27(39)37(23-13-11-20(12-14-23)26-33-35-36-34-26)24(25(31)38)16-19-5-4-6-22(30)15-19/h1-6,11-14,17,19,21,24,28,30,35,40H,7-10,15-16,18,20H2,(H,36,44)(H,37,43)(H,45,46)(H,38,39,41,42);4-6,11-15,18,21,24H,7-10,16-17H2,1-3H3,(H2,31,38)(H,32,40)(H,33,34,35,36)/t21?,24?,30-;18?,21?,24-/m00/s1. The van der Waals surface area contributed by atoms with Gasteiger partial charge in [0, 0.05) is 70.8 Å². The van der Waals surface area contributed by atoms with E-state index in [0.717, 1.165) is 52.4 Å². The molecule has 0 spiro atoms. The average molecular weight is 1310 g/mol. The lowest BCUT2D eigenvalue weighted by Crippen LogP contribution is -2.52. The monoisotopic (exact) mass is 1310 g/mol. The number of aromatic nitrogens is 8. The Hall–Kier alpha value is -8.95. The fourth-order valence-electron chi connectivity index (χ4n) is 11.1. The molecule has 2 atom stereocenters. The van der Waals surface area contributed by atoms with Crippen molar-refractivity contribution in [2.45, 2.75) is 126 Å². The number of nitrogens with zero attached hydrogens (tertiary/aromatic N) is 7. The molecule has 0 saturated heterocycles. The lowest BCUT2D eigenvalue weighted by molar-refractivity contribution is -0.130. The van der Waals surface area contributed by atoms with Crippen LogP contribution in [0.4, 0.5) is 21.0 Å². The normalized spacial score (nSPS) is 18.1. The van der Waals surface area contributed by atoms with Gasteiger partial charge in [-0.25, -0.2) is 22.7 Å². The van der Waals surface area contributed by atoms with Gasteiger partial charge in [0.25, 0.3) is 0 Å². The zero-order valence-corrected chi connectivity index (χ0v) is 52.5. The molecule has 3 aliphatic rings. The van der Waals surface area contributed by atoms with Gasteiger partial charge in [-0.3, -0.25) is 24.1 Å². The number of ether oxygens (including phenoxy) is 1. The van der Waals surface area contributed by atoms with Crippen molar-refractivity contribution in [3.8, 4) is 33.9 Å². The van der Waals surface area contributed by atoms with E-state index in [0.29, 0.717) is 85.8 Å². The van der Waals surface area contributed by atoms with Gasteiger partial charge in [-0.2, -0.15) is 10.4 Å². The molecule has 3 saturated carbocycles. The number of anilines is 2. The first-order chi connectivity index (χ1) is 43.1. The molecule has 0 radical (unpaired) electrons. The Kier molecular flexibility index (Phi) is 21.9. The third-order valence-corrected chi connectivity index (χ3v) is 18.0. The van der Waals surface area contributed by atoms with Crippen molar-refractivity contribution < 1.29 is 47.0 Å². The molecule has 27 heteroatoms. The van der Waals surface area contributed by atoms with Crippen LogP contribution in [0.1, 0.15) is 96.1 Å². The second-order valence-corrected chi connectivity index (χ2v) is 26.6. The molecule has 0 bridgehead atoms. The number of carbonyl (C=O) groups excluding carboxylic acids is 5. The van der Waals surface area contributed by atoms with Crippen LogP contribution in [0.3, 0.4) is 0 Å². The molecule has 10 N–H and O–H groups in total. The highest BCUT2D eigenvalue weighted by molar-refractivity contribution is 9.10. The number of nitrogens with two attached hydrogens (primary N) is 1. The third kappa shape index (κ3) is 18.8. The number of carbonyl (C=O) groups is 6. The van der Waals surface area contributed by atoms with E-state index in [4.69, 9.17) is 15.6 Å². The molecule has 6 amide bonds. The number of rotatable bonds is 22. The van der Waals surface area contributed by atoms with Crippen molar-refractivity contribution in [2.75, 3.05) is 23.3 Å². The second kappa shape index (κ2) is 30.0. The number of sulfonamides is 1. The van der Waals surface area contributed by atoms with Gasteiger partial charge in [0.2, 0.25) is 45.3 Å². The lowest BCUT2D eigenvalue weighted by atomic mass is 9.81. The van der Waals surface area contributed by atoms with Gasteiger partial charge in [0.15, 0.2) is 0 Å². The quantitative estimate of drug-likeness (QED) is 0.0309. The molecule has 474 valence electrons. The van der Waals surface area contributed by atoms with E-state index < -0.39 is 51.7 Å².